The number of hydrogen-bond donors (Lipinski definition) is 3. The summed E-state index contributed by atoms with van der Waals surface area (Å²) >= 11 is 0. The van der Waals surface area contributed by atoms with Crippen LogP contribution < -0.4 is 20.3 Å². The Balaban J connectivity index is 1.46. The lowest BCUT2D eigenvalue weighted by Crippen LogP contribution is -2.57. The van der Waals surface area contributed by atoms with E-state index in [1.54, 1.807) is 49.0 Å². The van der Waals surface area contributed by atoms with E-state index < -0.39 is 20.5 Å². The van der Waals surface area contributed by atoms with Crippen LogP contribution >= 0.6 is 0 Å². The molecule has 0 radical (unpaired) electrons. The highest BCUT2D eigenvalue weighted by atomic mass is 32.2. The molecule has 5 rings (SSSR count). The van der Waals surface area contributed by atoms with Crippen LogP contribution in [0.15, 0.2) is 53.4 Å². The molecule has 2 aromatic rings. The van der Waals surface area contributed by atoms with E-state index in [0.29, 0.717) is 23.7 Å². The van der Waals surface area contributed by atoms with E-state index >= 15 is 0 Å². The van der Waals surface area contributed by atoms with Crippen LogP contribution in [0.5, 0.6) is 17.2 Å². The van der Waals surface area contributed by atoms with Crippen LogP contribution in [0.2, 0.25) is 0 Å². The van der Waals surface area contributed by atoms with Crippen molar-refractivity contribution in [1.29, 1.82) is 0 Å². The molecule has 2 aromatic carbocycles. The lowest BCUT2D eigenvalue weighted by molar-refractivity contribution is -0.133. The molecule has 3 N–H and O–H groups in total. The van der Waals surface area contributed by atoms with Crippen molar-refractivity contribution in [3.05, 3.63) is 48.5 Å². The Hall–Kier alpha value is -2.62. The first-order valence-electron chi connectivity index (χ1n) is 11.7. The molecule has 2 bridgehead atoms. The highest BCUT2D eigenvalue weighted by Gasteiger charge is 2.72. The molecule has 9 heteroatoms. The van der Waals surface area contributed by atoms with Gasteiger partial charge in [0.1, 0.15) is 17.2 Å². The summed E-state index contributed by atoms with van der Waals surface area (Å²) in [4.78, 5) is 13.2. The molecular formula is C25H30N2O6S. The first kappa shape index (κ1) is 23.1. The van der Waals surface area contributed by atoms with E-state index in [-0.39, 0.29) is 28.6 Å². The molecule has 2 saturated carbocycles. The van der Waals surface area contributed by atoms with Crippen molar-refractivity contribution in [3.63, 3.8) is 0 Å². The summed E-state index contributed by atoms with van der Waals surface area (Å²) in [6.07, 6.45) is 3.56. The summed E-state index contributed by atoms with van der Waals surface area (Å²) in [5.41, 5.74) is 1.54. The van der Waals surface area contributed by atoms with Gasteiger partial charge in [0.25, 0.3) is 5.91 Å². The third-order valence-electron chi connectivity index (χ3n) is 8.35. The first-order valence-corrected chi connectivity index (χ1v) is 13.2. The fourth-order valence-corrected chi connectivity index (χ4v) is 9.18. The predicted molar refractivity (Wildman–Crippen MR) is 125 cm³/mol. The van der Waals surface area contributed by atoms with E-state index in [4.69, 9.17) is 9.47 Å². The number of rotatable bonds is 6. The van der Waals surface area contributed by atoms with Gasteiger partial charge in [-0.05, 0) is 111 Å². The van der Waals surface area contributed by atoms with Gasteiger partial charge in [0.05, 0.1) is 12.0 Å². The van der Waals surface area contributed by atoms with Crippen LogP contribution in [0, 0.1) is 17.3 Å². The smallest absolute Gasteiger partial charge is 0.265 e. The minimum Gasteiger partial charge on any atom is -0.497 e. The average Bonchev–Trinajstić information content (AvgIpc) is 3.33. The fourth-order valence-electron chi connectivity index (χ4n) is 6.83. The van der Waals surface area contributed by atoms with Crippen molar-refractivity contribution < 1.29 is 27.9 Å². The summed E-state index contributed by atoms with van der Waals surface area (Å²) in [7, 11) is -2.50. The van der Waals surface area contributed by atoms with Crippen molar-refractivity contribution >= 4 is 15.7 Å². The number of nitrogens with one attached hydrogen (secondary N) is 2. The van der Waals surface area contributed by atoms with Crippen molar-refractivity contribution in [3.8, 4) is 17.2 Å². The number of benzene rings is 2. The number of amides is 1. The van der Waals surface area contributed by atoms with Gasteiger partial charge in [-0.2, -0.15) is 0 Å². The summed E-state index contributed by atoms with van der Waals surface area (Å²) in [6, 6.07) is 13.2. The molecule has 1 saturated heterocycles. The molecule has 3 atom stereocenters. The van der Waals surface area contributed by atoms with Crippen molar-refractivity contribution in [2.24, 2.45) is 17.3 Å². The van der Waals surface area contributed by atoms with Crippen molar-refractivity contribution in [1.82, 2.24) is 10.8 Å². The molecule has 3 aliphatic rings. The van der Waals surface area contributed by atoms with Crippen LogP contribution in [0.3, 0.4) is 0 Å². The van der Waals surface area contributed by atoms with Crippen LogP contribution in [-0.2, 0) is 14.6 Å². The molecule has 2 aliphatic carbocycles. The first-order chi connectivity index (χ1) is 16.4. The van der Waals surface area contributed by atoms with E-state index in [2.05, 4.69) is 5.32 Å². The molecule has 8 nitrogen and oxygen atoms in total. The molecule has 0 aromatic heterocycles. The third-order valence-corrected chi connectivity index (χ3v) is 10.8. The standard InChI is InChI=1S/C25H30N2O6S/c1-32-18-3-5-19(6-4-18)33-20-7-9-21(10-8-20)34(30,31)25(23(28)27-29)16-17-2-11-22(25)24(17)12-14-26-15-13-24/h3-10,17,22,26,29H,2,11-16H2,1H3,(H,27,28). The Bertz CT molecular complexity index is 1160. The molecule has 34 heavy (non-hydrogen) atoms. The summed E-state index contributed by atoms with van der Waals surface area (Å²) in [6.45, 7) is 1.64. The van der Waals surface area contributed by atoms with Gasteiger partial charge in [0, 0.05) is 0 Å². The topological polar surface area (TPSA) is 114 Å². The molecular weight excluding hydrogens is 456 g/mol. The number of carbonyl (C=O) groups is 1. The number of hydrogen-bond acceptors (Lipinski definition) is 7. The summed E-state index contributed by atoms with van der Waals surface area (Å²) < 4.78 is 37.4. The largest absolute Gasteiger partial charge is 0.497 e. The van der Waals surface area contributed by atoms with Gasteiger partial charge < -0.3 is 14.8 Å². The highest BCUT2D eigenvalue weighted by Crippen LogP contribution is 2.68. The normalized spacial score (nSPS) is 27.5. The van der Waals surface area contributed by atoms with Gasteiger partial charge >= 0.3 is 0 Å². The number of sulfone groups is 1. The number of ether oxygens (including phenoxy) is 2. The molecule has 182 valence electrons. The second kappa shape index (κ2) is 8.55. The van der Waals surface area contributed by atoms with Crippen LogP contribution in [0.25, 0.3) is 0 Å². The second-order valence-electron chi connectivity index (χ2n) is 9.60. The average molecular weight is 487 g/mol. The Kier molecular flexibility index (Phi) is 5.82. The van der Waals surface area contributed by atoms with Gasteiger partial charge in [-0.25, -0.2) is 13.9 Å². The Morgan fingerprint density at radius 1 is 1.00 bits per heavy atom. The Morgan fingerprint density at radius 3 is 2.18 bits per heavy atom. The second-order valence-corrected chi connectivity index (χ2v) is 11.8. The zero-order valence-electron chi connectivity index (χ0n) is 19.1. The SMILES string of the molecule is COc1ccc(Oc2ccc(S(=O)(=O)C3(C(=O)NO)CC4CCC3C43CCNCC3)cc2)cc1. The molecule has 1 spiro atoms. The lowest BCUT2D eigenvalue weighted by Gasteiger charge is -2.42. The number of carbonyl (C=O) groups excluding carboxylic acids is 1. The monoisotopic (exact) mass is 486 g/mol. The van der Waals surface area contributed by atoms with E-state index in [1.807, 2.05) is 0 Å². The minimum atomic E-state index is -4.08. The molecule has 3 unspecified atom stereocenters. The van der Waals surface area contributed by atoms with Crippen LogP contribution in [0.1, 0.15) is 32.1 Å². The molecule has 1 aliphatic heterocycles. The maximum absolute atomic E-state index is 14.1. The number of methoxy groups -OCH3 is 1. The van der Waals surface area contributed by atoms with Crippen LogP contribution in [0.4, 0.5) is 0 Å². The van der Waals surface area contributed by atoms with E-state index in [0.717, 1.165) is 32.4 Å². The lowest BCUT2D eigenvalue weighted by atomic mass is 9.69. The Labute approximate surface area is 199 Å². The van der Waals surface area contributed by atoms with Gasteiger partial charge in [0.2, 0.25) is 0 Å². The van der Waals surface area contributed by atoms with Gasteiger partial charge in [-0.3, -0.25) is 10.0 Å². The third kappa shape index (κ3) is 3.32. The molecule has 1 heterocycles. The zero-order valence-corrected chi connectivity index (χ0v) is 19.9. The van der Waals surface area contributed by atoms with Gasteiger partial charge in [0.15, 0.2) is 14.6 Å². The number of hydroxylamine groups is 1. The predicted octanol–water partition coefficient (Wildman–Crippen LogP) is 3.31. The zero-order chi connectivity index (χ0) is 24.0. The van der Waals surface area contributed by atoms with Crippen molar-refractivity contribution in [2.45, 2.75) is 41.7 Å². The maximum Gasteiger partial charge on any atom is 0.265 e. The van der Waals surface area contributed by atoms with E-state index in [1.165, 1.54) is 12.1 Å². The minimum absolute atomic E-state index is 0.0646. The number of piperidine rings is 1. The van der Waals surface area contributed by atoms with E-state index in [9.17, 15) is 18.4 Å². The molecule has 1 amide bonds. The fraction of sp³-hybridized carbons (Fsp3) is 0.480. The van der Waals surface area contributed by atoms with Crippen molar-refractivity contribution in [2.75, 3.05) is 20.2 Å². The van der Waals surface area contributed by atoms with Gasteiger partial charge in [-0.15, -0.1) is 0 Å². The molecule has 3 fully saturated rings. The highest BCUT2D eigenvalue weighted by molar-refractivity contribution is 7.93. The summed E-state index contributed by atoms with van der Waals surface area (Å²) in [5.74, 6) is 0.805. The Morgan fingerprint density at radius 2 is 1.59 bits per heavy atom. The van der Waals surface area contributed by atoms with Gasteiger partial charge in [-0.1, -0.05) is 0 Å². The quantitative estimate of drug-likeness (QED) is 0.424. The van der Waals surface area contributed by atoms with Crippen LogP contribution in [-0.4, -0.2) is 44.5 Å². The summed E-state index contributed by atoms with van der Waals surface area (Å²) in [5, 5.41) is 13.0. The maximum atomic E-state index is 14.1.